The van der Waals surface area contributed by atoms with Crippen LogP contribution in [0, 0.1) is 0 Å². The minimum absolute atomic E-state index is 0.0281. The molecule has 0 aromatic heterocycles. The summed E-state index contributed by atoms with van der Waals surface area (Å²) in [5.41, 5.74) is 3.07. The number of carbonyl (C=O) groups is 1. The highest BCUT2D eigenvalue weighted by molar-refractivity contribution is 5.67. The van der Waals surface area contributed by atoms with Gasteiger partial charge in [0.05, 0.1) is 20.8 Å². The number of rotatable bonds is 9. The van der Waals surface area contributed by atoms with Crippen molar-refractivity contribution in [3.05, 3.63) is 53.1 Å². The fourth-order valence-corrected chi connectivity index (χ4v) is 3.47. The molecular formula is C23H29NO6. The first kappa shape index (κ1) is 21.8. The van der Waals surface area contributed by atoms with Gasteiger partial charge < -0.3 is 29.4 Å². The van der Waals surface area contributed by atoms with Gasteiger partial charge >= 0.3 is 6.09 Å². The molecule has 1 amide bonds. The molecule has 0 saturated carbocycles. The fourth-order valence-electron chi connectivity index (χ4n) is 3.47. The zero-order valence-electron chi connectivity index (χ0n) is 17.5. The van der Waals surface area contributed by atoms with E-state index in [1.807, 2.05) is 12.1 Å². The van der Waals surface area contributed by atoms with E-state index >= 15 is 0 Å². The normalized spacial score (nSPS) is 15.0. The van der Waals surface area contributed by atoms with Crippen molar-refractivity contribution in [1.82, 2.24) is 5.32 Å². The summed E-state index contributed by atoms with van der Waals surface area (Å²) in [6, 6.07) is 11.5. The minimum Gasteiger partial charge on any atom is -0.497 e. The van der Waals surface area contributed by atoms with Gasteiger partial charge in [0.2, 0.25) is 0 Å². The van der Waals surface area contributed by atoms with Crippen LogP contribution in [0.25, 0.3) is 0 Å². The Morgan fingerprint density at radius 3 is 2.67 bits per heavy atom. The zero-order chi connectivity index (χ0) is 21.3. The van der Waals surface area contributed by atoms with E-state index in [0.717, 1.165) is 42.6 Å². The Morgan fingerprint density at radius 1 is 1.20 bits per heavy atom. The molecule has 0 saturated heterocycles. The van der Waals surface area contributed by atoms with E-state index in [-0.39, 0.29) is 19.3 Å². The van der Waals surface area contributed by atoms with Crippen molar-refractivity contribution in [3.8, 4) is 17.2 Å². The van der Waals surface area contributed by atoms with Crippen LogP contribution in [0.3, 0.4) is 0 Å². The van der Waals surface area contributed by atoms with Crippen molar-refractivity contribution in [2.24, 2.45) is 0 Å². The number of hydrogen-bond donors (Lipinski definition) is 2. The first-order valence-corrected chi connectivity index (χ1v) is 10.1. The van der Waals surface area contributed by atoms with E-state index in [1.165, 1.54) is 5.56 Å². The van der Waals surface area contributed by atoms with Crippen molar-refractivity contribution in [1.29, 1.82) is 0 Å². The van der Waals surface area contributed by atoms with E-state index in [1.54, 1.807) is 32.4 Å². The summed E-state index contributed by atoms with van der Waals surface area (Å²) in [5, 5.41) is 12.1. The highest BCUT2D eigenvalue weighted by atomic mass is 16.5. The van der Waals surface area contributed by atoms with Gasteiger partial charge in [0, 0.05) is 12.6 Å². The summed E-state index contributed by atoms with van der Waals surface area (Å²) in [7, 11) is 3.15. The monoisotopic (exact) mass is 415 g/mol. The second-order valence-corrected chi connectivity index (χ2v) is 7.19. The molecule has 1 aliphatic rings. The fraction of sp³-hybridized carbons (Fsp3) is 0.435. The van der Waals surface area contributed by atoms with Crippen LogP contribution in [0.5, 0.6) is 17.2 Å². The number of alkyl carbamates (subject to hydrolysis) is 1. The Labute approximate surface area is 176 Å². The number of nitrogens with one attached hydrogen (secondary N) is 1. The van der Waals surface area contributed by atoms with Crippen LogP contribution in [0.15, 0.2) is 36.4 Å². The molecule has 0 spiro atoms. The molecule has 1 aliphatic heterocycles. The highest BCUT2D eigenvalue weighted by Crippen LogP contribution is 2.32. The van der Waals surface area contributed by atoms with Crippen LogP contribution < -0.4 is 19.5 Å². The average Bonchev–Trinajstić information content (AvgIpc) is 2.79. The van der Waals surface area contributed by atoms with Crippen LogP contribution in [-0.4, -0.2) is 44.7 Å². The minimum atomic E-state index is -0.469. The first-order valence-electron chi connectivity index (χ1n) is 10.1. The van der Waals surface area contributed by atoms with Gasteiger partial charge in [-0.2, -0.15) is 0 Å². The highest BCUT2D eigenvalue weighted by Gasteiger charge is 2.21. The number of aliphatic hydroxyl groups excluding tert-OH is 1. The predicted octanol–water partition coefficient (Wildman–Crippen LogP) is 3.25. The molecule has 7 nitrogen and oxygen atoms in total. The van der Waals surface area contributed by atoms with Gasteiger partial charge in [-0.3, -0.25) is 0 Å². The number of hydrogen-bond acceptors (Lipinski definition) is 6. The maximum absolute atomic E-state index is 12.0. The lowest BCUT2D eigenvalue weighted by Crippen LogP contribution is -2.27. The van der Waals surface area contributed by atoms with E-state index < -0.39 is 6.09 Å². The first-order chi connectivity index (χ1) is 14.6. The summed E-state index contributed by atoms with van der Waals surface area (Å²) < 4.78 is 21.7. The van der Waals surface area contributed by atoms with Gasteiger partial charge in [0.1, 0.15) is 30.0 Å². The quantitative estimate of drug-likeness (QED) is 0.612. The molecule has 162 valence electrons. The Kier molecular flexibility index (Phi) is 7.79. The van der Waals surface area contributed by atoms with Gasteiger partial charge in [-0.1, -0.05) is 18.2 Å². The Hall–Kier alpha value is -2.93. The molecule has 2 aromatic carbocycles. The van der Waals surface area contributed by atoms with Gasteiger partial charge in [-0.25, -0.2) is 4.79 Å². The molecule has 1 atom stereocenters. The molecule has 30 heavy (non-hydrogen) atoms. The maximum atomic E-state index is 12.0. The molecule has 0 aliphatic carbocycles. The van der Waals surface area contributed by atoms with Crippen molar-refractivity contribution < 1.29 is 28.8 Å². The topological polar surface area (TPSA) is 86.3 Å². The number of ether oxygens (including phenoxy) is 4. The number of para-hydroxylation sites is 1. The number of benzene rings is 2. The van der Waals surface area contributed by atoms with E-state index in [0.29, 0.717) is 18.0 Å². The summed E-state index contributed by atoms with van der Waals surface area (Å²) in [6.07, 6.45) is 2.67. The van der Waals surface area contributed by atoms with Crippen LogP contribution in [0.1, 0.15) is 29.5 Å². The summed E-state index contributed by atoms with van der Waals surface area (Å²) in [6.45, 7) is 0.648. The lowest BCUT2D eigenvalue weighted by molar-refractivity contribution is 0.0967. The maximum Gasteiger partial charge on any atom is 0.407 e. The molecule has 2 aromatic rings. The van der Waals surface area contributed by atoms with Crippen LogP contribution in [0.4, 0.5) is 4.79 Å². The van der Waals surface area contributed by atoms with Gasteiger partial charge in [-0.05, 0) is 54.5 Å². The van der Waals surface area contributed by atoms with Gasteiger partial charge in [-0.15, -0.1) is 0 Å². The Bertz CT molecular complexity index is 831. The number of aliphatic hydroxyl groups is 1. The molecule has 0 radical (unpaired) electrons. The second-order valence-electron chi connectivity index (χ2n) is 7.19. The third kappa shape index (κ3) is 5.79. The number of amides is 1. The number of methoxy groups -OCH3 is 2. The zero-order valence-corrected chi connectivity index (χ0v) is 17.5. The molecular weight excluding hydrogens is 386 g/mol. The second kappa shape index (κ2) is 10.7. The van der Waals surface area contributed by atoms with Crippen LogP contribution in [-0.2, 0) is 24.2 Å². The molecule has 2 N–H and O–H groups in total. The molecule has 0 fully saturated rings. The lowest BCUT2D eigenvalue weighted by atomic mass is 9.97. The van der Waals surface area contributed by atoms with E-state index in [4.69, 9.17) is 18.9 Å². The Morgan fingerprint density at radius 2 is 1.97 bits per heavy atom. The SMILES string of the molecule is COc1cc(COC(=O)NCCCc2cccc3c2OC(CO)CC3)cc(OC)c1. The van der Waals surface area contributed by atoms with Gasteiger partial charge in [0.15, 0.2) is 0 Å². The summed E-state index contributed by atoms with van der Waals surface area (Å²) in [5.74, 6) is 2.17. The number of fused-ring (bicyclic) bond motifs is 1. The Balaban J connectivity index is 1.44. The van der Waals surface area contributed by atoms with E-state index in [2.05, 4.69) is 11.4 Å². The van der Waals surface area contributed by atoms with Crippen molar-refractivity contribution in [2.75, 3.05) is 27.4 Å². The molecule has 1 unspecified atom stereocenters. The van der Waals surface area contributed by atoms with Crippen molar-refractivity contribution in [2.45, 2.75) is 38.4 Å². The number of aryl methyl sites for hydroxylation is 2. The van der Waals surface area contributed by atoms with E-state index in [9.17, 15) is 9.90 Å². The summed E-state index contributed by atoms with van der Waals surface area (Å²) in [4.78, 5) is 12.0. The van der Waals surface area contributed by atoms with Crippen molar-refractivity contribution >= 4 is 6.09 Å². The summed E-state index contributed by atoms with van der Waals surface area (Å²) >= 11 is 0. The predicted molar refractivity (Wildman–Crippen MR) is 112 cm³/mol. The van der Waals surface area contributed by atoms with Crippen LogP contribution in [0.2, 0.25) is 0 Å². The molecule has 3 rings (SSSR count). The van der Waals surface area contributed by atoms with Crippen LogP contribution >= 0.6 is 0 Å². The molecule has 7 heteroatoms. The smallest absolute Gasteiger partial charge is 0.407 e. The lowest BCUT2D eigenvalue weighted by Gasteiger charge is -2.26. The third-order valence-corrected chi connectivity index (χ3v) is 5.08. The molecule has 1 heterocycles. The van der Waals surface area contributed by atoms with Crippen molar-refractivity contribution in [3.63, 3.8) is 0 Å². The molecule has 0 bridgehead atoms. The standard InChI is InChI=1S/C23H29NO6/c1-27-20-11-16(12-21(13-20)28-2)15-29-23(26)24-10-4-7-17-5-3-6-18-8-9-19(14-25)30-22(17)18/h3,5-6,11-13,19,25H,4,7-10,14-15H2,1-2H3,(H,24,26). The van der Waals surface area contributed by atoms with Gasteiger partial charge in [0.25, 0.3) is 0 Å². The number of carbonyl (C=O) groups excluding carboxylic acids is 1. The largest absolute Gasteiger partial charge is 0.497 e. The third-order valence-electron chi connectivity index (χ3n) is 5.08. The average molecular weight is 415 g/mol.